The van der Waals surface area contributed by atoms with Crippen LogP contribution in [0.15, 0.2) is 16.8 Å². The van der Waals surface area contributed by atoms with Crippen LogP contribution in [-0.4, -0.2) is 11.1 Å². The van der Waals surface area contributed by atoms with E-state index >= 15 is 0 Å². The molecule has 0 aromatic carbocycles. The Morgan fingerprint density at radius 1 is 1.75 bits per heavy atom. The number of carboxylic acid groups (broad SMARTS) is 1. The number of thiophene rings is 1. The first-order valence-corrected chi connectivity index (χ1v) is 4.92. The molecule has 1 aromatic rings. The van der Waals surface area contributed by atoms with Crippen LogP contribution in [-0.2, 0) is 4.79 Å². The SMILES string of the molecule is CC[C@H](CC(=O)O)c1ccsc1. The van der Waals surface area contributed by atoms with Crippen molar-refractivity contribution in [2.75, 3.05) is 0 Å². The minimum absolute atomic E-state index is 0.189. The molecule has 0 saturated carbocycles. The molecule has 1 atom stereocenters. The highest BCUT2D eigenvalue weighted by molar-refractivity contribution is 7.07. The van der Waals surface area contributed by atoms with Crippen molar-refractivity contribution in [2.24, 2.45) is 0 Å². The quantitative estimate of drug-likeness (QED) is 0.781. The molecule has 0 aliphatic carbocycles. The molecule has 0 bridgehead atoms. The summed E-state index contributed by atoms with van der Waals surface area (Å²) in [5.41, 5.74) is 1.16. The van der Waals surface area contributed by atoms with Gasteiger partial charge in [-0.1, -0.05) is 6.92 Å². The standard InChI is InChI=1S/C9H12O2S/c1-2-7(5-9(10)11)8-3-4-12-6-8/h3-4,6-7H,2,5H2,1H3,(H,10,11)/t7-/m1/s1. The smallest absolute Gasteiger partial charge is 0.303 e. The lowest BCUT2D eigenvalue weighted by atomic mass is 9.96. The minimum Gasteiger partial charge on any atom is -0.481 e. The van der Waals surface area contributed by atoms with Gasteiger partial charge in [-0.2, -0.15) is 11.3 Å². The summed E-state index contributed by atoms with van der Waals surface area (Å²) in [5, 5.41) is 12.6. The van der Waals surface area contributed by atoms with Crippen LogP contribution in [0, 0.1) is 0 Å². The molecule has 0 radical (unpaired) electrons. The zero-order valence-corrected chi connectivity index (χ0v) is 7.80. The van der Waals surface area contributed by atoms with Crippen molar-refractivity contribution in [1.29, 1.82) is 0 Å². The highest BCUT2D eigenvalue weighted by Gasteiger charge is 2.13. The molecule has 1 rings (SSSR count). The summed E-state index contributed by atoms with van der Waals surface area (Å²) in [7, 11) is 0. The molecular weight excluding hydrogens is 172 g/mol. The maximum absolute atomic E-state index is 10.5. The largest absolute Gasteiger partial charge is 0.481 e. The average molecular weight is 184 g/mol. The Bertz CT molecular complexity index is 241. The molecule has 0 aliphatic rings. The highest BCUT2D eigenvalue weighted by Crippen LogP contribution is 2.24. The molecule has 0 fully saturated rings. The van der Waals surface area contributed by atoms with Crippen LogP contribution in [0.1, 0.15) is 31.2 Å². The Morgan fingerprint density at radius 3 is 2.92 bits per heavy atom. The lowest BCUT2D eigenvalue weighted by molar-refractivity contribution is -0.137. The Hall–Kier alpha value is -0.830. The fraction of sp³-hybridized carbons (Fsp3) is 0.444. The number of carbonyl (C=O) groups is 1. The predicted molar refractivity (Wildman–Crippen MR) is 49.6 cm³/mol. The van der Waals surface area contributed by atoms with Gasteiger partial charge >= 0.3 is 5.97 Å². The monoisotopic (exact) mass is 184 g/mol. The van der Waals surface area contributed by atoms with Gasteiger partial charge in [0.2, 0.25) is 0 Å². The van der Waals surface area contributed by atoms with Crippen molar-refractivity contribution < 1.29 is 9.90 Å². The van der Waals surface area contributed by atoms with Crippen molar-refractivity contribution in [3.8, 4) is 0 Å². The zero-order chi connectivity index (χ0) is 8.97. The number of rotatable bonds is 4. The van der Waals surface area contributed by atoms with Crippen LogP contribution < -0.4 is 0 Å². The fourth-order valence-electron chi connectivity index (χ4n) is 1.22. The third-order valence-corrected chi connectivity index (χ3v) is 2.63. The summed E-state index contributed by atoms with van der Waals surface area (Å²) >= 11 is 1.62. The van der Waals surface area contributed by atoms with Crippen LogP contribution in [0.4, 0.5) is 0 Å². The van der Waals surface area contributed by atoms with Crippen LogP contribution >= 0.6 is 11.3 Å². The molecule has 0 amide bonds. The van der Waals surface area contributed by atoms with Gasteiger partial charge in [-0.25, -0.2) is 0 Å². The van der Waals surface area contributed by atoms with Gasteiger partial charge in [0.1, 0.15) is 0 Å². The van der Waals surface area contributed by atoms with Crippen molar-refractivity contribution in [3.63, 3.8) is 0 Å². The normalized spacial score (nSPS) is 12.8. The first kappa shape index (κ1) is 9.26. The Morgan fingerprint density at radius 2 is 2.50 bits per heavy atom. The summed E-state index contributed by atoms with van der Waals surface area (Å²) in [5.74, 6) is -0.526. The molecule has 2 nitrogen and oxygen atoms in total. The summed E-state index contributed by atoms with van der Waals surface area (Å²) in [6.45, 7) is 2.02. The van der Waals surface area contributed by atoms with Crippen LogP contribution in [0.3, 0.4) is 0 Å². The second kappa shape index (κ2) is 4.26. The van der Waals surface area contributed by atoms with E-state index in [9.17, 15) is 4.79 Å². The van der Waals surface area contributed by atoms with E-state index in [4.69, 9.17) is 5.11 Å². The van der Waals surface area contributed by atoms with Crippen molar-refractivity contribution >= 4 is 17.3 Å². The maximum Gasteiger partial charge on any atom is 0.303 e. The van der Waals surface area contributed by atoms with E-state index in [2.05, 4.69) is 0 Å². The van der Waals surface area contributed by atoms with Crippen molar-refractivity contribution in [1.82, 2.24) is 0 Å². The van der Waals surface area contributed by atoms with Crippen LogP contribution in [0.2, 0.25) is 0 Å². The first-order valence-electron chi connectivity index (χ1n) is 3.98. The zero-order valence-electron chi connectivity index (χ0n) is 6.99. The second-order valence-electron chi connectivity index (χ2n) is 2.76. The molecule has 0 saturated heterocycles. The lowest BCUT2D eigenvalue weighted by Gasteiger charge is -2.09. The highest BCUT2D eigenvalue weighted by atomic mass is 32.1. The first-order chi connectivity index (χ1) is 5.74. The molecule has 3 heteroatoms. The summed E-state index contributed by atoms with van der Waals surface area (Å²) in [6.07, 6.45) is 1.14. The maximum atomic E-state index is 10.5. The van der Waals surface area contributed by atoms with Gasteiger partial charge in [0.25, 0.3) is 0 Å². The van der Waals surface area contributed by atoms with E-state index in [0.29, 0.717) is 0 Å². The van der Waals surface area contributed by atoms with Crippen LogP contribution in [0.5, 0.6) is 0 Å². The molecule has 12 heavy (non-hydrogen) atoms. The topological polar surface area (TPSA) is 37.3 Å². The van der Waals surface area contributed by atoms with Gasteiger partial charge in [-0.05, 0) is 34.7 Å². The molecule has 0 aliphatic heterocycles. The Kier molecular flexibility index (Phi) is 3.29. The Labute approximate surface area is 75.9 Å². The summed E-state index contributed by atoms with van der Waals surface area (Å²) in [6, 6.07) is 2.00. The number of carboxylic acids is 1. The van der Waals surface area contributed by atoms with Gasteiger partial charge in [0.15, 0.2) is 0 Å². The van der Waals surface area contributed by atoms with E-state index < -0.39 is 5.97 Å². The second-order valence-corrected chi connectivity index (χ2v) is 3.54. The number of hydrogen-bond acceptors (Lipinski definition) is 2. The van der Waals surface area contributed by atoms with E-state index in [1.54, 1.807) is 11.3 Å². The predicted octanol–water partition coefficient (Wildman–Crippen LogP) is 2.72. The molecule has 1 heterocycles. The average Bonchev–Trinajstić information content (AvgIpc) is 2.51. The van der Waals surface area contributed by atoms with E-state index in [1.165, 1.54) is 0 Å². The van der Waals surface area contributed by atoms with E-state index in [0.717, 1.165) is 12.0 Å². The molecular formula is C9H12O2S. The van der Waals surface area contributed by atoms with Gasteiger partial charge in [-0.15, -0.1) is 0 Å². The molecule has 1 aromatic heterocycles. The Balaban J connectivity index is 2.63. The van der Waals surface area contributed by atoms with Gasteiger partial charge in [-0.3, -0.25) is 4.79 Å². The molecule has 0 spiro atoms. The lowest BCUT2D eigenvalue weighted by Crippen LogP contribution is -2.04. The molecule has 0 unspecified atom stereocenters. The third kappa shape index (κ3) is 2.34. The van der Waals surface area contributed by atoms with Gasteiger partial charge < -0.3 is 5.11 Å². The minimum atomic E-state index is -0.715. The molecule has 1 N–H and O–H groups in total. The third-order valence-electron chi connectivity index (χ3n) is 1.93. The van der Waals surface area contributed by atoms with Crippen LogP contribution in [0.25, 0.3) is 0 Å². The molecule has 66 valence electrons. The van der Waals surface area contributed by atoms with E-state index in [-0.39, 0.29) is 12.3 Å². The van der Waals surface area contributed by atoms with Crippen molar-refractivity contribution in [3.05, 3.63) is 22.4 Å². The number of aliphatic carboxylic acids is 1. The fourth-order valence-corrected chi connectivity index (χ4v) is 1.96. The summed E-state index contributed by atoms with van der Waals surface area (Å²) < 4.78 is 0. The van der Waals surface area contributed by atoms with Crippen molar-refractivity contribution in [2.45, 2.75) is 25.7 Å². The van der Waals surface area contributed by atoms with Gasteiger partial charge in [0, 0.05) is 0 Å². The van der Waals surface area contributed by atoms with E-state index in [1.807, 2.05) is 23.8 Å². The number of hydrogen-bond donors (Lipinski definition) is 1. The van der Waals surface area contributed by atoms with Gasteiger partial charge in [0.05, 0.1) is 6.42 Å². The summed E-state index contributed by atoms with van der Waals surface area (Å²) in [4.78, 5) is 10.5.